The van der Waals surface area contributed by atoms with Crippen LogP contribution in [0.15, 0.2) is 42.6 Å². The van der Waals surface area contributed by atoms with Crippen LogP contribution in [-0.2, 0) is 0 Å². The first-order valence-electron chi connectivity index (χ1n) is 6.88. The number of aromatic nitrogens is 1. The summed E-state index contributed by atoms with van der Waals surface area (Å²) in [5, 5.41) is 5.95. The van der Waals surface area contributed by atoms with E-state index >= 15 is 0 Å². The second-order valence-electron chi connectivity index (χ2n) is 4.85. The lowest BCUT2D eigenvalue weighted by Crippen LogP contribution is -2.16. The highest BCUT2D eigenvalue weighted by Crippen LogP contribution is 2.12. The molecule has 0 aliphatic rings. The van der Waals surface area contributed by atoms with Gasteiger partial charge < -0.3 is 10.6 Å². The Kier molecular flexibility index (Phi) is 4.87. The molecule has 1 heterocycles. The SMILES string of the molecule is CCC(C)Nc1ccc(C(=O)Nc2ccc(F)cc2)nc1. The number of nitrogens with one attached hydrogen (secondary N) is 2. The molecule has 0 fully saturated rings. The van der Waals surface area contributed by atoms with Gasteiger partial charge in [0.05, 0.1) is 11.9 Å². The lowest BCUT2D eigenvalue weighted by atomic mass is 10.2. The van der Waals surface area contributed by atoms with Crippen molar-refractivity contribution < 1.29 is 9.18 Å². The Hall–Kier alpha value is -2.43. The van der Waals surface area contributed by atoms with Crippen molar-refractivity contribution in [2.45, 2.75) is 26.3 Å². The largest absolute Gasteiger partial charge is 0.381 e. The van der Waals surface area contributed by atoms with Gasteiger partial charge in [0.15, 0.2) is 0 Å². The van der Waals surface area contributed by atoms with E-state index in [1.807, 2.05) is 6.07 Å². The summed E-state index contributed by atoms with van der Waals surface area (Å²) in [6.45, 7) is 4.17. The molecule has 0 spiro atoms. The number of pyridine rings is 1. The van der Waals surface area contributed by atoms with Crippen molar-refractivity contribution in [2.24, 2.45) is 0 Å². The monoisotopic (exact) mass is 287 g/mol. The third-order valence-corrected chi connectivity index (χ3v) is 3.12. The van der Waals surface area contributed by atoms with Crippen LogP contribution in [0, 0.1) is 5.82 Å². The molecule has 1 aromatic carbocycles. The van der Waals surface area contributed by atoms with Crippen LogP contribution in [-0.4, -0.2) is 16.9 Å². The fourth-order valence-electron chi connectivity index (χ4n) is 1.73. The fourth-order valence-corrected chi connectivity index (χ4v) is 1.73. The average molecular weight is 287 g/mol. The van der Waals surface area contributed by atoms with Crippen molar-refractivity contribution >= 4 is 17.3 Å². The fraction of sp³-hybridized carbons (Fsp3) is 0.250. The molecule has 2 N–H and O–H groups in total. The molecule has 0 aliphatic heterocycles. The lowest BCUT2D eigenvalue weighted by Gasteiger charge is -2.12. The molecule has 1 atom stereocenters. The molecule has 4 nitrogen and oxygen atoms in total. The molecule has 1 amide bonds. The number of benzene rings is 1. The van der Waals surface area contributed by atoms with Gasteiger partial charge in [0.25, 0.3) is 5.91 Å². The van der Waals surface area contributed by atoms with Crippen molar-refractivity contribution in [2.75, 3.05) is 10.6 Å². The molecular formula is C16H18FN3O. The van der Waals surface area contributed by atoms with Crippen LogP contribution in [0.4, 0.5) is 15.8 Å². The number of hydrogen-bond donors (Lipinski definition) is 2. The van der Waals surface area contributed by atoms with Gasteiger partial charge in [-0.3, -0.25) is 4.79 Å². The minimum atomic E-state index is -0.341. The molecule has 0 radical (unpaired) electrons. The second-order valence-corrected chi connectivity index (χ2v) is 4.85. The molecular weight excluding hydrogens is 269 g/mol. The first-order chi connectivity index (χ1) is 10.1. The molecule has 1 aromatic heterocycles. The Labute approximate surface area is 123 Å². The Morgan fingerprint density at radius 3 is 2.43 bits per heavy atom. The van der Waals surface area contributed by atoms with Crippen molar-refractivity contribution in [3.8, 4) is 0 Å². The van der Waals surface area contributed by atoms with Crippen LogP contribution < -0.4 is 10.6 Å². The number of rotatable bonds is 5. The van der Waals surface area contributed by atoms with Gasteiger partial charge in [0.2, 0.25) is 0 Å². The third-order valence-electron chi connectivity index (χ3n) is 3.12. The maximum Gasteiger partial charge on any atom is 0.274 e. The zero-order chi connectivity index (χ0) is 15.2. The molecule has 1 unspecified atom stereocenters. The summed E-state index contributed by atoms with van der Waals surface area (Å²) in [5.41, 5.74) is 1.72. The summed E-state index contributed by atoms with van der Waals surface area (Å²) >= 11 is 0. The van der Waals surface area contributed by atoms with Gasteiger partial charge in [-0.05, 0) is 49.7 Å². The van der Waals surface area contributed by atoms with Crippen molar-refractivity contribution in [3.63, 3.8) is 0 Å². The summed E-state index contributed by atoms with van der Waals surface area (Å²) in [6, 6.07) is 9.43. The van der Waals surface area contributed by atoms with Crippen LogP contribution in [0.3, 0.4) is 0 Å². The van der Waals surface area contributed by atoms with Gasteiger partial charge in [-0.2, -0.15) is 0 Å². The zero-order valence-electron chi connectivity index (χ0n) is 12.1. The first-order valence-corrected chi connectivity index (χ1v) is 6.88. The molecule has 2 aromatic rings. The molecule has 110 valence electrons. The zero-order valence-corrected chi connectivity index (χ0v) is 12.1. The predicted molar refractivity (Wildman–Crippen MR) is 82.0 cm³/mol. The van der Waals surface area contributed by atoms with Crippen LogP contribution in [0.5, 0.6) is 0 Å². The first kappa shape index (κ1) is 15.0. The van der Waals surface area contributed by atoms with E-state index in [-0.39, 0.29) is 11.7 Å². The quantitative estimate of drug-likeness (QED) is 0.882. The summed E-state index contributed by atoms with van der Waals surface area (Å²) < 4.78 is 12.8. The highest BCUT2D eigenvalue weighted by molar-refractivity contribution is 6.02. The van der Waals surface area contributed by atoms with Gasteiger partial charge in [-0.25, -0.2) is 9.37 Å². The minimum absolute atomic E-state index is 0.314. The number of amides is 1. The topological polar surface area (TPSA) is 54.0 Å². The lowest BCUT2D eigenvalue weighted by molar-refractivity contribution is 0.102. The third kappa shape index (κ3) is 4.27. The van der Waals surface area contributed by atoms with Crippen LogP contribution in [0.25, 0.3) is 0 Å². The number of carbonyl (C=O) groups is 1. The van der Waals surface area contributed by atoms with Crippen LogP contribution in [0.2, 0.25) is 0 Å². The minimum Gasteiger partial charge on any atom is -0.381 e. The van der Waals surface area contributed by atoms with E-state index in [0.717, 1.165) is 12.1 Å². The number of anilines is 2. The molecule has 0 saturated heterocycles. The Balaban J connectivity index is 2.01. The van der Waals surface area contributed by atoms with E-state index in [1.54, 1.807) is 12.3 Å². The number of halogens is 1. The average Bonchev–Trinajstić information content (AvgIpc) is 2.50. The molecule has 5 heteroatoms. The summed E-state index contributed by atoms with van der Waals surface area (Å²) in [7, 11) is 0. The highest BCUT2D eigenvalue weighted by atomic mass is 19.1. The Morgan fingerprint density at radius 2 is 1.86 bits per heavy atom. The van der Waals surface area contributed by atoms with E-state index in [0.29, 0.717) is 17.4 Å². The summed E-state index contributed by atoms with van der Waals surface area (Å²) in [5.74, 6) is -0.664. The van der Waals surface area contributed by atoms with Gasteiger partial charge in [-0.1, -0.05) is 6.92 Å². The van der Waals surface area contributed by atoms with E-state index in [9.17, 15) is 9.18 Å². The maximum atomic E-state index is 12.8. The number of nitrogens with zero attached hydrogens (tertiary/aromatic N) is 1. The van der Waals surface area contributed by atoms with Crippen LogP contribution in [0.1, 0.15) is 30.8 Å². The van der Waals surface area contributed by atoms with E-state index < -0.39 is 0 Å². The van der Waals surface area contributed by atoms with Gasteiger partial charge in [0.1, 0.15) is 11.5 Å². The Morgan fingerprint density at radius 1 is 1.19 bits per heavy atom. The molecule has 2 rings (SSSR count). The van der Waals surface area contributed by atoms with Gasteiger partial charge >= 0.3 is 0 Å². The normalized spacial score (nSPS) is 11.8. The Bertz CT molecular complexity index is 596. The van der Waals surface area contributed by atoms with E-state index in [1.165, 1.54) is 24.3 Å². The van der Waals surface area contributed by atoms with Crippen molar-refractivity contribution in [3.05, 3.63) is 54.1 Å². The van der Waals surface area contributed by atoms with Crippen molar-refractivity contribution in [1.29, 1.82) is 0 Å². The van der Waals surface area contributed by atoms with Crippen molar-refractivity contribution in [1.82, 2.24) is 4.98 Å². The van der Waals surface area contributed by atoms with Crippen LogP contribution >= 0.6 is 0 Å². The summed E-state index contributed by atoms with van der Waals surface area (Å²) in [4.78, 5) is 16.1. The van der Waals surface area contributed by atoms with E-state index in [2.05, 4.69) is 29.5 Å². The molecule has 0 bridgehead atoms. The molecule has 21 heavy (non-hydrogen) atoms. The predicted octanol–water partition coefficient (Wildman–Crippen LogP) is 3.68. The number of hydrogen-bond acceptors (Lipinski definition) is 3. The van der Waals surface area contributed by atoms with E-state index in [4.69, 9.17) is 0 Å². The highest BCUT2D eigenvalue weighted by Gasteiger charge is 2.08. The number of carbonyl (C=O) groups excluding carboxylic acids is 1. The summed E-state index contributed by atoms with van der Waals surface area (Å²) in [6.07, 6.45) is 2.64. The van der Waals surface area contributed by atoms with Gasteiger partial charge in [-0.15, -0.1) is 0 Å². The second kappa shape index (κ2) is 6.83. The molecule has 0 saturated carbocycles. The molecule has 0 aliphatic carbocycles. The van der Waals surface area contributed by atoms with Gasteiger partial charge in [0, 0.05) is 11.7 Å². The standard InChI is InChI=1S/C16H18FN3O/c1-3-11(2)19-14-8-9-15(18-10-14)16(21)20-13-6-4-12(17)5-7-13/h4-11,19H,3H2,1-2H3,(H,20,21). The maximum absolute atomic E-state index is 12.8. The smallest absolute Gasteiger partial charge is 0.274 e.